The highest BCUT2D eigenvalue weighted by atomic mass is 32.1. The Labute approximate surface area is 147 Å². The third-order valence-corrected chi connectivity index (χ3v) is 4.86. The van der Waals surface area contributed by atoms with Gasteiger partial charge in [-0.05, 0) is 43.7 Å². The lowest BCUT2D eigenvalue weighted by Gasteiger charge is -2.14. The Hall–Kier alpha value is -2.67. The van der Waals surface area contributed by atoms with Gasteiger partial charge in [0.15, 0.2) is 11.6 Å². The van der Waals surface area contributed by atoms with Crippen molar-refractivity contribution in [2.24, 2.45) is 0 Å². The number of nitrogens with zero attached hydrogens (tertiary/aromatic N) is 2. The van der Waals surface area contributed by atoms with Crippen LogP contribution in [0.4, 0.5) is 8.78 Å². The molecule has 0 aliphatic carbocycles. The molecule has 1 N–H and O–H groups in total. The third-order valence-electron chi connectivity index (χ3n) is 3.68. The SMILES string of the molecule is Cc1nc(-c2ccccn2)sc1C(=O)N[C@H](C)c1ccc(F)c(F)c1. The summed E-state index contributed by atoms with van der Waals surface area (Å²) in [4.78, 5) is 21.6. The summed E-state index contributed by atoms with van der Waals surface area (Å²) < 4.78 is 26.4. The summed E-state index contributed by atoms with van der Waals surface area (Å²) in [6.45, 7) is 3.46. The molecule has 0 spiro atoms. The summed E-state index contributed by atoms with van der Waals surface area (Å²) in [6, 6.07) is 8.59. The molecule has 4 nitrogen and oxygen atoms in total. The first-order valence-electron chi connectivity index (χ1n) is 7.60. The van der Waals surface area contributed by atoms with E-state index in [0.29, 0.717) is 26.8 Å². The fourth-order valence-corrected chi connectivity index (χ4v) is 3.28. The minimum Gasteiger partial charge on any atom is -0.345 e. The van der Waals surface area contributed by atoms with Crippen molar-refractivity contribution in [2.45, 2.75) is 19.9 Å². The van der Waals surface area contributed by atoms with Crippen LogP contribution >= 0.6 is 11.3 Å². The molecule has 0 aliphatic heterocycles. The largest absolute Gasteiger partial charge is 0.345 e. The number of amides is 1. The molecular formula is C18H15F2N3OS. The van der Waals surface area contributed by atoms with E-state index in [1.54, 1.807) is 26.1 Å². The lowest BCUT2D eigenvalue weighted by molar-refractivity contribution is 0.0943. The van der Waals surface area contributed by atoms with Crippen molar-refractivity contribution in [3.63, 3.8) is 0 Å². The molecule has 0 bridgehead atoms. The van der Waals surface area contributed by atoms with Crippen LogP contribution in [0.25, 0.3) is 10.7 Å². The Kier molecular flexibility index (Phi) is 4.85. The minimum atomic E-state index is -0.940. The van der Waals surface area contributed by atoms with Gasteiger partial charge in [0, 0.05) is 6.20 Å². The van der Waals surface area contributed by atoms with Crippen molar-refractivity contribution in [3.05, 3.63) is 70.4 Å². The molecular weight excluding hydrogens is 344 g/mol. The molecule has 0 saturated carbocycles. The Morgan fingerprint density at radius 1 is 1.20 bits per heavy atom. The molecule has 0 unspecified atom stereocenters. The van der Waals surface area contributed by atoms with Gasteiger partial charge in [0.05, 0.1) is 17.4 Å². The van der Waals surface area contributed by atoms with Crippen molar-refractivity contribution >= 4 is 17.2 Å². The van der Waals surface area contributed by atoms with E-state index >= 15 is 0 Å². The topological polar surface area (TPSA) is 54.9 Å². The van der Waals surface area contributed by atoms with Gasteiger partial charge < -0.3 is 5.32 Å². The second-order valence-electron chi connectivity index (χ2n) is 5.52. The second kappa shape index (κ2) is 7.06. The highest BCUT2D eigenvalue weighted by Crippen LogP contribution is 2.27. The maximum atomic E-state index is 13.4. The van der Waals surface area contributed by atoms with Gasteiger partial charge in [0.2, 0.25) is 0 Å². The number of thiazole rings is 1. The monoisotopic (exact) mass is 359 g/mol. The molecule has 1 atom stereocenters. The number of hydrogen-bond acceptors (Lipinski definition) is 4. The van der Waals surface area contributed by atoms with Gasteiger partial charge in [-0.3, -0.25) is 9.78 Å². The van der Waals surface area contributed by atoms with Crippen LogP contribution in [0.2, 0.25) is 0 Å². The van der Waals surface area contributed by atoms with Crippen LogP contribution < -0.4 is 5.32 Å². The Balaban J connectivity index is 1.79. The molecule has 0 aliphatic rings. The fraction of sp³-hybridized carbons (Fsp3) is 0.167. The van der Waals surface area contributed by atoms with Crippen molar-refractivity contribution in [2.75, 3.05) is 0 Å². The summed E-state index contributed by atoms with van der Waals surface area (Å²) in [5.41, 5.74) is 1.78. The normalized spacial score (nSPS) is 12.0. The second-order valence-corrected chi connectivity index (χ2v) is 6.52. The van der Waals surface area contributed by atoms with E-state index in [4.69, 9.17) is 0 Å². The van der Waals surface area contributed by atoms with Crippen molar-refractivity contribution in [1.29, 1.82) is 0 Å². The average molecular weight is 359 g/mol. The molecule has 1 aromatic carbocycles. The van der Waals surface area contributed by atoms with Gasteiger partial charge in [-0.15, -0.1) is 11.3 Å². The first kappa shape index (κ1) is 17.2. The number of benzene rings is 1. The van der Waals surface area contributed by atoms with E-state index in [1.165, 1.54) is 17.4 Å². The summed E-state index contributed by atoms with van der Waals surface area (Å²) in [7, 11) is 0. The maximum absolute atomic E-state index is 13.4. The summed E-state index contributed by atoms with van der Waals surface area (Å²) in [5.74, 6) is -2.17. The van der Waals surface area contributed by atoms with Crippen LogP contribution in [0, 0.1) is 18.6 Å². The smallest absolute Gasteiger partial charge is 0.263 e. The highest BCUT2D eigenvalue weighted by molar-refractivity contribution is 7.17. The summed E-state index contributed by atoms with van der Waals surface area (Å²) in [6.07, 6.45) is 1.66. The predicted octanol–water partition coefficient (Wildman–Crippen LogP) is 4.28. The lowest BCUT2D eigenvalue weighted by Crippen LogP contribution is -2.26. The number of pyridine rings is 1. The van der Waals surface area contributed by atoms with E-state index in [9.17, 15) is 13.6 Å². The van der Waals surface area contributed by atoms with Crippen LogP contribution in [-0.4, -0.2) is 15.9 Å². The minimum absolute atomic E-state index is 0.311. The zero-order chi connectivity index (χ0) is 18.0. The Morgan fingerprint density at radius 3 is 2.68 bits per heavy atom. The van der Waals surface area contributed by atoms with Gasteiger partial charge in [-0.2, -0.15) is 0 Å². The number of hydrogen-bond donors (Lipinski definition) is 1. The number of carbonyl (C=O) groups excluding carboxylic acids is 1. The first-order valence-corrected chi connectivity index (χ1v) is 8.42. The molecule has 1 amide bonds. The quantitative estimate of drug-likeness (QED) is 0.756. The van der Waals surface area contributed by atoms with Crippen LogP contribution in [-0.2, 0) is 0 Å². The van der Waals surface area contributed by atoms with Gasteiger partial charge in [0.25, 0.3) is 5.91 Å². The van der Waals surface area contributed by atoms with Gasteiger partial charge in [-0.25, -0.2) is 13.8 Å². The number of aryl methyl sites for hydroxylation is 1. The van der Waals surface area contributed by atoms with E-state index in [0.717, 1.165) is 12.1 Å². The molecule has 0 radical (unpaired) electrons. The molecule has 3 rings (SSSR count). The van der Waals surface area contributed by atoms with Gasteiger partial charge in [0.1, 0.15) is 9.88 Å². The van der Waals surface area contributed by atoms with Crippen molar-refractivity contribution in [3.8, 4) is 10.7 Å². The number of carbonyl (C=O) groups is 1. The summed E-state index contributed by atoms with van der Waals surface area (Å²) >= 11 is 1.24. The Bertz CT molecular complexity index is 912. The molecule has 2 heterocycles. The number of aromatic nitrogens is 2. The van der Waals surface area contributed by atoms with Crippen LogP contribution in [0.1, 0.15) is 33.9 Å². The highest BCUT2D eigenvalue weighted by Gasteiger charge is 2.19. The van der Waals surface area contributed by atoms with Gasteiger partial charge in [-0.1, -0.05) is 12.1 Å². The fourth-order valence-electron chi connectivity index (χ4n) is 2.33. The predicted molar refractivity (Wildman–Crippen MR) is 92.3 cm³/mol. The van der Waals surface area contributed by atoms with Crippen molar-refractivity contribution < 1.29 is 13.6 Å². The maximum Gasteiger partial charge on any atom is 0.263 e. The molecule has 7 heteroatoms. The number of rotatable bonds is 4. The standard InChI is InChI=1S/C18H15F2N3OS/c1-10(12-6-7-13(19)14(20)9-12)22-17(24)16-11(2)23-18(25-16)15-5-3-4-8-21-15/h3-10H,1-2H3,(H,22,24)/t10-/m1/s1. The van der Waals surface area contributed by atoms with Gasteiger partial charge >= 0.3 is 0 Å². The van der Waals surface area contributed by atoms with Crippen LogP contribution in [0.5, 0.6) is 0 Å². The van der Waals surface area contributed by atoms with E-state index in [1.807, 2.05) is 12.1 Å². The van der Waals surface area contributed by atoms with E-state index in [-0.39, 0.29) is 5.91 Å². The van der Waals surface area contributed by atoms with Crippen molar-refractivity contribution in [1.82, 2.24) is 15.3 Å². The van der Waals surface area contributed by atoms with Crippen LogP contribution in [0.3, 0.4) is 0 Å². The lowest BCUT2D eigenvalue weighted by atomic mass is 10.1. The third kappa shape index (κ3) is 3.71. The zero-order valence-electron chi connectivity index (χ0n) is 13.6. The van der Waals surface area contributed by atoms with E-state index in [2.05, 4.69) is 15.3 Å². The number of nitrogens with one attached hydrogen (secondary N) is 1. The molecule has 2 aromatic heterocycles. The molecule has 0 fully saturated rings. The average Bonchev–Trinajstić information content (AvgIpc) is 3.00. The zero-order valence-corrected chi connectivity index (χ0v) is 14.4. The molecule has 128 valence electrons. The summed E-state index contributed by atoms with van der Waals surface area (Å²) in [5, 5.41) is 3.44. The first-order chi connectivity index (χ1) is 12.0. The van der Waals surface area contributed by atoms with E-state index < -0.39 is 17.7 Å². The van der Waals surface area contributed by atoms with Crippen LogP contribution in [0.15, 0.2) is 42.6 Å². The number of halogens is 2. The molecule has 25 heavy (non-hydrogen) atoms. The molecule has 0 saturated heterocycles. The molecule has 3 aromatic rings. The Morgan fingerprint density at radius 2 is 2.00 bits per heavy atom.